The van der Waals surface area contributed by atoms with Gasteiger partial charge in [0.1, 0.15) is 0 Å². The fourth-order valence-electron chi connectivity index (χ4n) is 4.41. The third kappa shape index (κ3) is 3.26. The van der Waals surface area contributed by atoms with Crippen LogP contribution in [-0.2, 0) is 16.0 Å². The zero-order valence-electron chi connectivity index (χ0n) is 15.9. The highest BCUT2D eigenvalue weighted by molar-refractivity contribution is 5.86. The Labute approximate surface area is 160 Å². The number of likely N-dealkylation sites (N-methyl/N-ethyl adjacent to an activating group) is 1. The summed E-state index contributed by atoms with van der Waals surface area (Å²) in [5, 5.41) is 1.26. The fourth-order valence-corrected chi connectivity index (χ4v) is 4.41. The van der Waals surface area contributed by atoms with Crippen molar-refractivity contribution in [2.75, 3.05) is 26.7 Å². The smallest absolute Gasteiger partial charge is 0.310 e. The second-order valence-corrected chi connectivity index (χ2v) is 7.22. The first-order valence-corrected chi connectivity index (χ1v) is 9.67. The van der Waals surface area contributed by atoms with Gasteiger partial charge in [0.05, 0.1) is 13.0 Å². The number of methoxy groups -OCH3 is 1. The molecule has 0 spiro atoms. The number of hydrogen-bond acceptors (Lipinski definition) is 3. The summed E-state index contributed by atoms with van der Waals surface area (Å²) in [5.74, 6) is -0.436. The van der Waals surface area contributed by atoms with Crippen molar-refractivity contribution in [1.29, 1.82) is 0 Å². The molecule has 4 nitrogen and oxygen atoms in total. The van der Waals surface area contributed by atoms with E-state index in [-0.39, 0.29) is 17.8 Å². The second-order valence-electron chi connectivity index (χ2n) is 7.22. The Bertz CT molecular complexity index is 932. The van der Waals surface area contributed by atoms with E-state index in [1.807, 2.05) is 18.2 Å². The topological polar surface area (TPSA) is 45.3 Å². The minimum Gasteiger partial charge on any atom is -0.469 e. The predicted octanol–water partition coefficient (Wildman–Crippen LogP) is 3.97. The summed E-state index contributed by atoms with van der Waals surface area (Å²) in [6, 6.07) is 18.8. The first kappa shape index (κ1) is 17.8. The number of fused-ring (bicyclic) bond motifs is 3. The SMILES string of the molecule is CCN1CCc2c([nH]c3ccccc23)[C@H](c2ccccc2)[C@H](C(=O)OC)C1. The summed E-state index contributed by atoms with van der Waals surface area (Å²) >= 11 is 0. The van der Waals surface area contributed by atoms with Crippen LogP contribution in [-0.4, -0.2) is 42.6 Å². The average molecular weight is 362 g/mol. The van der Waals surface area contributed by atoms with Gasteiger partial charge >= 0.3 is 5.97 Å². The number of ether oxygens (including phenoxy) is 1. The lowest BCUT2D eigenvalue weighted by atomic mass is 9.80. The Morgan fingerprint density at radius 3 is 2.63 bits per heavy atom. The third-order valence-corrected chi connectivity index (χ3v) is 5.80. The molecule has 0 saturated carbocycles. The molecule has 2 aromatic carbocycles. The van der Waals surface area contributed by atoms with Crippen molar-refractivity contribution < 1.29 is 9.53 Å². The Hall–Kier alpha value is -2.59. The molecule has 0 radical (unpaired) electrons. The monoisotopic (exact) mass is 362 g/mol. The summed E-state index contributed by atoms with van der Waals surface area (Å²) < 4.78 is 5.24. The predicted molar refractivity (Wildman–Crippen MR) is 108 cm³/mol. The van der Waals surface area contributed by atoms with Gasteiger partial charge in [0, 0.05) is 35.6 Å². The molecule has 4 rings (SSSR count). The van der Waals surface area contributed by atoms with Crippen molar-refractivity contribution in [3.05, 3.63) is 71.4 Å². The van der Waals surface area contributed by atoms with Crippen molar-refractivity contribution in [3.63, 3.8) is 0 Å². The van der Waals surface area contributed by atoms with Gasteiger partial charge < -0.3 is 14.6 Å². The highest BCUT2D eigenvalue weighted by Crippen LogP contribution is 2.39. The summed E-state index contributed by atoms with van der Waals surface area (Å²) in [6.07, 6.45) is 0.977. The van der Waals surface area contributed by atoms with Gasteiger partial charge in [-0.2, -0.15) is 0 Å². The number of carbonyl (C=O) groups is 1. The lowest BCUT2D eigenvalue weighted by Crippen LogP contribution is -2.40. The van der Waals surface area contributed by atoms with E-state index in [4.69, 9.17) is 4.74 Å². The number of esters is 1. The summed E-state index contributed by atoms with van der Waals surface area (Å²) in [7, 11) is 1.49. The Kier molecular flexibility index (Phi) is 4.99. The van der Waals surface area contributed by atoms with Gasteiger partial charge in [0.2, 0.25) is 0 Å². The number of H-pyrrole nitrogens is 1. The molecule has 1 N–H and O–H groups in total. The summed E-state index contributed by atoms with van der Waals surface area (Å²) in [5.41, 5.74) is 4.77. The molecule has 0 fully saturated rings. The van der Waals surface area contributed by atoms with Crippen LogP contribution in [0.1, 0.15) is 29.7 Å². The van der Waals surface area contributed by atoms with E-state index in [9.17, 15) is 4.79 Å². The molecule has 4 heteroatoms. The minimum absolute atomic E-state index is 0.0459. The Morgan fingerprint density at radius 2 is 1.89 bits per heavy atom. The molecular formula is C23H26N2O2. The number of hydrogen-bond donors (Lipinski definition) is 1. The largest absolute Gasteiger partial charge is 0.469 e. The van der Waals surface area contributed by atoms with E-state index in [1.54, 1.807) is 0 Å². The van der Waals surface area contributed by atoms with Crippen molar-refractivity contribution in [2.24, 2.45) is 5.92 Å². The zero-order chi connectivity index (χ0) is 18.8. The van der Waals surface area contributed by atoms with Crippen LogP contribution in [0.2, 0.25) is 0 Å². The lowest BCUT2D eigenvalue weighted by molar-refractivity contribution is -0.146. The minimum atomic E-state index is -0.246. The van der Waals surface area contributed by atoms with Crippen LogP contribution < -0.4 is 0 Å². The molecule has 1 aliphatic rings. The van der Waals surface area contributed by atoms with E-state index >= 15 is 0 Å². The van der Waals surface area contributed by atoms with Gasteiger partial charge in [-0.3, -0.25) is 4.79 Å². The van der Waals surface area contributed by atoms with Crippen molar-refractivity contribution >= 4 is 16.9 Å². The maximum Gasteiger partial charge on any atom is 0.310 e. The molecule has 140 valence electrons. The van der Waals surface area contributed by atoms with Crippen LogP contribution in [0.4, 0.5) is 0 Å². The molecule has 1 aliphatic heterocycles. The quantitative estimate of drug-likeness (QED) is 0.717. The van der Waals surface area contributed by atoms with Crippen LogP contribution in [0.25, 0.3) is 10.9 Å². The molecule has 2 heterocycles. The zero-order valence-corrected chi connectivity index (χ0v) is 15.9. The molecule has 0 aliphatic carbocycles. The van der Waals surface area contributed by atoms with Gasteiger partial charge in [0.15, 0.2) is 0 Å². The maximum atomic E-state index is 12.8. The fraction of sp³-hybridized carbons (Fsp3) is 0.348. The first-order chi connectivity index (χ1) is 13.2. The third-order valence-electron chi connectivity index (χ3n) is 5.80. The average Bonchev–Trinajstić information content (AvgIpc) is 3.06. The number of para-hydroxylation sites is 1. The normalized spacial score (nSPS) is 20.7. The van der Waals surface area contributed by atoms with E-state index in [2.05, 4.69) is 53.2 Å². The first-order valence-electron chi connectivity index (χ1n) is 9.67. The number of aromatic nitrogens is 1. The maximum absolute atomic E-state index is 12.8. The number of nitrogens with one attached hydrogen (secondary N) is 1. The number of carbonyl (C=O) groups excluding carboxylic acids is 1. The van der Waals surface area contributed by atoms with E-state index in [0.717, 1.165) is 36.3 Å². The van der Waals surface area contributed by atoms with Crippen molar-refractivity contribution in [1.82, 2.24) is 9.88 Å². The van der Waals surface area contributed by atoms with Crippen molar-refractivity contribution in [3.8, 4) is 0 Å². The van der Waals surface area contributed by atoms with Gasteiger partial charge in [0.25, 0.3) is 0 Å². The number of aromatic amines is 1. The van der Waals surface area contributed by atoms with Crippen LogP contribution in [0.15, 0.2) is 54.6 Å². The van der Waals surface area contributed by atoms with Crippen LogP contribution >= 0.6 is 0 Å². The molecular weight excluding hydrogens is 336 g/mol. The summed E-state index contributed by atoms with van der Waals surface area (Å²) in [4.78, 5) is 18.9. The van der Waals surface area contributed by atoms with Crippen LogP contribution in [0.3, 0.4) is 0 Å². The lowest BCUT2D eigenvalue weighted by Gasteiger charge is -2.33. The Morgan fingerprint density at radius 1 is 1.15 bits per heavy atom. The van der Waals surface area contributed by atoms with Crippen LogP contribution in [0, 0.1) is 5.92 Å². The van der Waals surface area contributed by atoms with E-state index in [0.29, 0.717) is 6.54 Å². The molecule has 0 bridgehead atoms. The molecule has 1 aromatic heterocycles. The second kappa shape index (κ2) is 7.57. The molecule has 0 amide bonds. The van der Waals surface area contributed by atoms with Gasteiger partial charge in [-0.05, 0) is 30.2 Å². The molecule has 0 saturated heterocycles. The number of rotatable bonds is 3. The standard InChI is InChI=1S/C23H26N2O2/c1-3-25-14-13-18-17-11-7-8-12-20(17)24-22(18)21(16-9-5-4-6-10-16)19(15-25)23(26)27-2/h4-12,19,21,24H,3,13-15H2,1-2H3/t19-,21-/m1/s1. The van der Waals surface area contributed by atoms with E-state index < -0.39 is 0 Å². The van der Waals surface area contributed by atoms with Gasteiger partial charge in [-0.1, -0.05) is 55.5 Å². The number of benzene rings is 2. The molecule has 3 aromatic rings. The molecule has 0 unspecified atom stereocenters. The highest BCUT2D eigenvalue weighted by Gasteiger charge is 2.37. The van der Waals surface area contributed by atoms with Gasteiger partial charge in [-0.25, -0.2) is 0 Å². The van der Waals surface area contributed by atoms with Crippen LogP contribution in [0.5, 0.6) is 0 Å². The molecule has 27 heavy (non-hydrogen) atoms. The number of nitrogens with zero attached hydrogens (tertiary/aromatic N) is 1. The molecule has 2 atom stereocenters. The van der Waals surface area contributed by atoms with Gasteiger partial charge in [-0.15, -0.1) is 0 Å². The summed E-state index contributed by atoms with van der Waals surface area (Å²) in [6.45, 7) is 4.73. The van der Waals surface area contributed by atoms with E-state index in [1.165, 1.54) is 18.1 Å². The highest BCUT2D eigenvalue weighted by atomic mass is 16.5. The van der Waals surface area contributed by atoms with Crippen molar-refractivity contribution in [2.45, 2.75) is 19.3 Å². The Balaban J connectivity index is 1.95.